The van der Waals surface area contributed by atoms with Crippen LogP contribution >= 0.6 is 43.2 Å². The van der Waals surface area contributed by atoms with Gasteiger partial charge in [0.15, 0.2) is 0 Å². The van der Waals surface area contributed by atoms with Gasteiger partial charge in [-0.25, -0.2) is 10.4 Å². The Labute approximate surface area is 125 Å². The summed E-state index contributed by atoms with van der Waals surface area (Å²) in [6.45, 7) is 0. The molecule has 0 radical (unpaired) electrons. The molecule has 0 aliphatic heterocycles. The summed E-state index contributed by atoms with van der Waals surface area (Å²) in [5, 5.41) is 0. The quantitative estimate of drug-likeness (QED) is 0.617. The van der Waals surface area contributed by atoms with Gasteiger partial charge < -0.3 is 4.74 Å². The van der Waals surface area contributed by atoms with Crippen molar-refractivity contribution in [1.82, 2.24) is 15.4 Å². The van der Waals surface area contributed by atoms with Crippen LogP contribution in [-0.2, 0) is 0 Å². The standard InChI is InChI=1S/C10H10Br2N4OS/c1-17-10-8(14-2-3-15-10)7(16-13)6-4-5(11)9(12)18-6/h2-4,7,16H,13H2,1H3. The highest BCUT2D eigenvalue weighted by Crippen LogP contribution is 2.38. The van der Waals surface area contributed by atoms with E-state index in [0.717, 1.165) is 13.1 Å². The molecule has 96 valence electrons. The van der Waals surface area contributed by atoms with Crippen molar-refractivity contribution in [3.63, 3.8) is 0 Å². The molecule has 0 fully saturated rings. The average molecular weight is 394 g/mol. The highest BCUT2D eigenvalue weighted by Gasteiger charge is 2.22. The van der Waals surface area contributed by atoms with Crippen molar-refractivity contribution in [2.75, 3.05) is 7.11 Å². The molecule has 0 saturated carbocycles. The van der Waals surface area contributed by atoms with E-state index in [0.29, 0.717) is 11.6 Å². The Balaban J connectivity index is 2.45. The topological polar surface area (TPSA) is 73.1 Å². The molecule has 1 atom stereocenters. The van der Waals surface area contributed by atoms with E-state index >= 15 is 0 Å². The van der Waals surface area contributed by atoms with Gasteiger partial charge in [0.2, 0.25) is 5.88 Å². The van der Waals surface area contributed by atoms with Crippen molar-refractivity contribution in [1.29, 1.82) is 0 Å². The van der Waals surface area contributed by atoms with Gasteiger partial charge in [-0.3, -0.25) is 10.8 Å². The third-order valence-corrected chi connectivity index (χ3v) is 5.59. The van der Waals surface area contributed by atoms with Crippen LogP contribution in [0.1, 0.15) is 16.6 Å². The molecule has 0 spiro atoms. The van der Waals surface area contributed by atoms with Crippen molar-refractivity contribution in [2.45, 2.75) is 6.04 Å². The minimum atomic E-state index is -0.263. The van der Waals surface area contributed by atoms with Gasteiger partial charge in [-0.15, -0.1) is 11.3 Å². The molecule has 0 aromatic carbocycles. The van der Waals surface area contributed by atoms with Crippen LogP contribution in [0.3, 0.4) is 0 Å². The third kappa shape index (κ3) is 2.72. The summed E-state index contributed by atoms with van der Waals surface area (Å²) in [7, 11) is 1.56. The zero-order chi connectivity index (χ0) is 13.1. The highest BCUT2D eigenvalue weighted by atomic mass is 79.9. The molecule has 0 amide bonds. The second kappa shape index (κ2) is 6.07. The number of nitrogens with two attached hydrogens (primary N) is 1. The second-order valence-electron chi connectivity index (χ2n) is 3.32. The fourth-order valence-corrected chi connectivity index (χ4v) is 3.65. The molecule has 3 N–H and O–H groups in total. The third-order valence-electron chi connectivity index (χ3n) is 2.27. The lowest BCUT2D eigenvalue weighted by molar-refractivity contribution is 0.383. The van der Waals surface area contributed by atoms with Crippen molar-refractivity contribution >= 4 is 43.2 Å². The molecule has 8 heteroatoms. The van der Waals surface area contributed by atoms with Crippen molar-refractivity contribution in [2.24, 2.45) is 5.84 Å². The molecular weight excluding hydrogens is 384 g/mol. The number of aromatic nitrogens is 2. The van der Waals surface area contributed by atoms with Crippen LogP contribution in [0.15, 0.2) is 26.7 Å². The largest absolute Gasteiger partial charge is 0.480 e. The number of halogens is 2. The van der Waals surface area contributed by atoms with E-state index in [1.54, 1.807) is 30.8 Å². The van der Waals surface area contributed by atoms with Crippen LogP contribution in [0.4, 0.5) is 0 Å². The SMILES string of the molecule is COc1nccnc1C(NN)c1cc(Br)c(Br)s1. The molecule has 0 bridgehead atoms. The Hall–Kier alpha value is -0.540. The average Bonchev–Trinajstić information content (AvgIpc) is 2.71. The number of methoxy groups -OCH3 is 1. The van der Waals surface area contributed by atoms with E-state index in [2.05, 4.69) is 47.3 Å². The second-order valence-corrected chi connectivity index (χ2v) is 6.58. The first-order valence-corrected chi connectivity index (χ1v) is 7.33. The van der Waals surface area contributed by atoms with Gasteiger partial charge in [0, 0.05) is 21.7 Å². The minimum Gasteiger partial charge on any atom is -0.480 e. The van der Waals surface area contributed by atoms with Gasteiger partial charge in [-0.05, 0) is 37.9 Å². The Morgan fingerprint density at radius 1 is 1.39 bits per heavy atom. The Morgan fingerprint density at radius 3 is 2.67 bits per heavy atom. The normalized spacial score (nSPS) is 12.4. The fraction of sp³-hybridized carbons (Fsp3) is 0.200. The Kier molecular flexibility index (Phi) is 4.68. The zero-order valence-electron chi connectivity index (χ0n) is 9.35. The van der Waals surface area contributed by atoms with E-state index < -0.39 is 0 Å². The number of rotatable bonds is 4. The van der Waals surface area contributed by atoms with Gasteiger partial charge in [0.25, 0.3) is 0 Å². The summed E-state index contributed by atoms with van der Waals surface area (Å²) in [6, 6.07) is 1.72. The van der Waals surface area contributed by atoms with Crippen LogP contribution in [-0.4, -0.2) is 17.1 Å². The van der Waals surface area contributed by atoms with Gasteiger partial charge >= 0.3 is 0 Å². The summed E-state index contributed by atoms with van der Waals surface area (Å²) < 4.78 is 7.18. The van der Waals surface area contributed by atoms with Gasteiger partial charge in [-0.1, -0.05) is 0 Å². The first kappa shape index (κ1) is 13.9. The molecule has 5 nitrogen and oxygen atoms in total. The maximum Gasteiger partial charge on any atom is 0.237 e. The molecular formula is C10H10Br2N4OS. The summed E-state index contributed by atoms with van der Waals surface area (Å²) in [5.41, 5.74) is 3.39. The van der Waals surface area contributed by atoms with Crippen LogP contribution in [0.25, 0.3) is 0 Å². The lowest BCUT2D eigenvalue weighted by Gasteiger charge is -2.15. The van der Waals surface area contributed by atoms with E-state index in [-0.39, 0.29) is 6.04 Å². The van der Waals surface area contributed by atoms with Gasteiger partial charge in [0.05, 0.1) is 10.9 Å². The molecule has 1 unspecified atom stereocenters. The summed E-state index contributed by atoms with van der Waals surface area (Å²) in [5.74, 6) is 6.08. The van der Waals surface area contributed by atoms with Gasteiger partial charge in [0.1, 0.15) is 11.7 Å². The van der Waals surface area contributed by atoms with E-state index in [1.165, 1.54) is 0 Å². The van der Waals surface area contributed by atoms with E-state index in [1.807, 2.05) is 6.07 Å². The van der Waals surface area contributed by atoms with E-state index in [9.17, 15) is 0 Å². The van der Waals surface area contributed by atoms with Crippen LogP contribution in [0.5, 0.6) is 5.88 Å². The van der Waals surface area contributed by atoms with Crippen molar-refractivity contribution < 1.29 is 4.74 Å². The van der Waals surface area contributed by atoms with Crippen molar-refractivity contribution in [3.8, 4) is 5.88 Å². The Bertz CT molecular complexity index is 529. The molecule has 0 saturated heterocycles. The lowest BCUT2D eigenvalue weighted by Crippen LogP contribution is -2.29. The number of ether oxygens (including phenoxy) is 1. The number of hydrogen-bond donors (Lipinski definition) is 2. The fourth-order valence-electron chi connectivity index (χ4n) is 1.49. The maximum absolute atomic E-state index is 5.62. The molecule has 2 aromatic rings. The van der Waals surface area contributed by atoms with Gasteiger partial charge in [-0.2, -0.15) is 0 Å². The molecule has 0 aliphatic rings. The minimum absolute atomic E-state index is 0.263. The summed E-state index contributed by atoms with van der Waals surface area (Å²) >= 11 is 8.47. The number of hydrogen-bond acceptors (Lipinski definition) is 6. The molecule has 2 rings (SSSR count). The molecule has 2 aromatic heterocycles. The molecule has 0 aliphatic carbocycles. The maximum atomic E-state index is 5.62. The first-order valence-electron chi connectivity index (χ1n) is 4.93. The number of nitrogens with one attached hydrogen (secondary N) is 1. The lowest BCUT2D eigenvalue weighted by atomic mass is 10.2. The van der Waals surface area contributed by atoms with Crippen LogP contribution in [0, 0.1) is 0 Å². The highest BCUT2D eigenvalue weighted by molar-refractivity contribution is 9.13. The predicted molar refractivity (Wildman–Crippen MR) is 77.5 cm³/mol. The Morgan fingerprint density at radius 2 is 2.11 bits per heavy atom. The zero-order valence-corrected chi connectivity index (χ0v) is 13.3. The summed E-state index contributed by atoms with van der Waals surface area (Å²) in [6.07, 6.45) is 3.19. The van der Waals surface area contributed by atoms with Crippen LogP contribution < -0.4 is 16.0 Å². The van der Waals surface area contributed by atoms with Crippen LogP contribution in [0.2, 0.25) is 0 Å². The smallest absolute Gasteiger partial charge is 0.237 e. The number of nitrogens with zero attached hydrogens (tertiary/aromatic N) is 2. The number of hydrazine groups is 1. The molecule has 2 heterocycles. The molecule has 18 heavy (non-hydrogen) atoms. The van der Waals surface area contributed by atoms with E-state index in [4.69, 9.17) is 10.6 Å². The monoisotopic (exact) mass is 392 g/mol. The predicted octanol–water partition coefficient (Wildman–Crippen LogP) is 2.62. The van der Waals surface area contributed by atoms with Crippen molar-refractivity contribution in [3.05, 3.63) is 37.3 Å². The summed E-state index contributed by atoms with van der Waals surface area (Å²) in [4.78, 5) is 9.41. The number of thiophene rings is 1. The first-order chi connectivity index (χ1) is 8.67.